The molecule has 0 amide bonds. The van der Waals surface area contributed by atoms with Crippen molar-refractivity contribution < 1.29 is 4.74 Å². The van der Waals surface area contributed by atoms with Crippen LogP contribution in [0.1, 0.15) is 16.7 Å². The number of ether oxygens (including phenoxy) is 1. The molecule has 0 radical (unpaired) electrons. The number of rotatable bonds is 4. The molecule has 0 aliphatic heterocycles. The standard InChI is InChI=1S/C15H15N3O/c1-11-5-6-17-10-14(11)18-9-12-3-4-15(19-2)13(7-12)8-16/h3-7,10,18H,9H2,1-2H3. The predicted octanol–water partition coefficient (Wildman–Crippen LogP) is 2.88. The molecule has 1 heterocycles. The maximum atomic E-state index is 9.04. The monoisotopic (exact) mass is 253 g/mol. The molecule has 0 unspecified atom stereocenters. The van der Waals surface area contributed by atoms with Crippen LogP contribution in [0.2, 0.25) is 0 Å². The number of nitrogens with zero attached hydrogens (tertiary/aromatic N) is 2. The van der Waals surface area contributed by atoms with Gasteiger partial charge >= 0.3 is 0 Å². The minimum atomic E-state index is 0.546. The van der Waals surface area contributed by atoms with E-state index in [2.05, 4.69) is 16.4 Å². The van der Waals surface area contributed by atoms with Crippen LogP contribution in [0.5, 0.6) is 5.75 Å². The van der Waals surface area contributed by atoms with Crippen LogP contribution in [0.25, 0.3) is 0 Å². The van der Waals surface area contributed by atoms with Gasteiger partial charge in [-0.15, -0.1) is 0 Å². The largest absolute Gasteiger partial charge is 0.495 e. The SMILES string of the molecule is COc1ccc(CNc2cnccc2C)cc1C#N. The van der Waals surface area contributed by atoms with E-state index < -0.39 is 0 Å². The first-order chi connectivity index (χ1) is 9.24. The summed E-state index contributed by atoms with van der Waals surface area (Å²) in [4.78, 5) is 4.08. The summed E-state index contributed by atoms with van der Waals surface area (Å²) >= 11 is 0. The zero-order valence-corrected chi connectivity index (χ0v) is 11.0. The average Bonchev–Trinajstić information content (AvgIpc) is 2.46. The van der Waals surface area contributed by atoms with E-state index in [0.29, 0.717) is 17.9 Å². The Morgan fingerprint density at radius 2 is 2.21 bits per heavy atom. The van der Waals surface area contributed by atoms with Gasteiger partial charge in [-0.3, -0.25) is 4.98 Å². The van der Waals surface area contributed by atoms with Crippen LogP contribution in [-0.4, -0.2) is 12.1 Å². The molecule has 2 rings (SSSR count). The Morgan fingerprint density at radius 3 is 2.89 bits per heavy atom. The fourth-order valence-corrected chi connectivity index (χ4v) is 1.80. The molecule has 1 N–H and O–H groups in total. The van der Waals surface area contributed by atoms with Gasteiger partial charge in [-0.1, -0.05) is 6.07 Å². The third-order valence-corrected chi connectivity index (χ3v) is 2.91. The van der Waals surface area contributed by atoms with Gasteiger partial charge in [0.2, 0.25) is 0 Å². The van der Waals surface area contributed by atoms with Crippen LogP contribution < -0.4 is 10.1 Å². The molecule has 0 aliphatic carbocycles. The molecular weight excluding hydrogens is 238 g/mol. The highest BCUT2D eigenvalue weighted by Crippen LogP contribution is 2.20. The zero-order chi connectivity index (χ0) is 13.7. The number of aryl methyl sites for hydroxylation is 1. The first-order valence-electron chi connectivity index (χ1n) is 5.96. The van der Waals surface area contributed by atoms with Gasteiger partial charge in [0, 0.05) is 12.7 Å². The number of hydrogen-bond acceptors (Lipinski definition) is 4. The average molecular weight is 253 g/mol. The molecule has 0 bridgehead atoms. The third-order valence-electron chi connectivity index (χ3n) is 2.91. The Balaban J connectivity index is 2.13. The third kappa shape index (κ3) is 3.02. The van der Waals surface area contributed by atoms with Crippen LogP contribution in [0.15, 0.2) is 36.7 Å². The maximum absolute atomic E-state index is 9.04. The van der Waals surface area contributed by atoms with Crippen molar-refractivity contribution in [3.8, 4) is 11.8 Å². The Morgan fingerprint density at radius 1 is 1.37 bits per heavy atom. The maximum Gasteiger partial charge on any atom is 0.136 e. The van der Waals surface area contributed by atoms with Crippen molar-refractivity contribution in [2.45, 2.75) is 13.5 Å². The van der Waals surface area contributed by atoms with Crippen molar-refractivity contribution in [3.05, 3.63) is 53.3 Å². The van der Waals surface area contributed by atoms with E-state index in [-0.39, 0.29) is 0 Å². The van der Waals surface area contributed by atoms with Crippen LogP contribution in [0, 0.1) is 18.3 Å². The number of anilines is 1. The highest BCUT2D eigenvalue weighted by atomic mass is 16.5. The number of methoxy groups -OCH3 is 1. The number of hydrogen-bond donors (Lipinski definition) is 1. The van der Waals surface area contributed by atoms with Gasteiger partial charge in [0.05, 0.1) is 24.6 Å². The molecule has 0 aliphatic rings. The lowest BCUT2D eigenvalue weighted by atomic mass is 10.1. The second-order valence-electron chi connectivity index (χ2n) is 4.19. The molecule has 19 heavy (non-hydrogen) atoms. The molecule has 0 saturated heterocycles. The van der Waals surface area contributed by atoms with Gasteiger partial charge in [-0.2, -0.15) is 5.26 Å². The molecule has 2 aromatic rings. The van der Waals surface area contributed by atoms with E-state index in [1.54, 1.807) is 19.5 Å². The quantitative estimate of drug-likeness (QED) is 0.910. The fraction of sp³-hybridized carbons (Fsp3) is 0.200. The van der Waals surface area contributed by atoms with Gasteiger partial charge in [0.15, 0.2) is 0 Å². The zero-order valence-electron chi connectivity index (χ0n) is 11.0. The number of benzene rings is 1. The summed E-state index contributed by atoms with van der Waals surface area (Å²) in [6.45, 7) is 2.67. The first-order valence-corrected chi connectivity index (χ1v) is 5.96. The number of nitriles is 1. The number of aromatic nitrogens is 1. The van der Waals surface area contributed by atoms with Gasteiger partial charge in [0.1, 0.15) is 11.8 Å². The minimum absolute atomic E-state index is 0.546. The van der Waals surface area contributed by atoms with Crippen molar-refractivity contribution in [3.63, 3.8) is 0 Å². The van der Waals surface area contributed by atoms with Crippen molar-refractivity contribution in [2.75, 3.05) is 12.4 Å². The molecule has 1 aromatic carbocycles. The highest BCUT2D eigenvalue weighted by molar-refractivity contribution is 5.50. The second kappa shape index (κ2) is 5.87. The smallest absolute Gasteiger partial charge is 0.136 e. The molecule has 0 fully saturated rings. The second-order valence-corrected chi connectivity index (χ2v) is 4.19. The van der Waals surface area contributed by atoms with Crippen LogP contribution in [0.4, 0.5) is 5.69 Å². The Kier molecular flexibility index (Phi) is 3.99. The molecule has 4 nitrogen and oxygen atoms in total. The van der Waals surface area contributed by atoms with Gasteiger partial charge in [0.25, 0.3) is 0 Å². The fourth-order valence-electron chi connectivity index (χ4n) is 1.80. The van der Waals surface area contributed by atoms with E-state index in [0.717, 1.165) is 16.8 Å². The Hall–Kier alpha value is -2.54. The minimum Gasteiger partial charge on any atom is -0.495 e. The molecule has 96 valence electrons. The molecule has 4 heteroatoms. The van der Waals surface area contributed by atoms with Crippen LogP contribution >= 0.6 is 0 Å². The normalized spacial score (nSPS) is 9.74. The lowest BCUT2D eigenvalue weighted by Gasteiger charge is -2.10. The van der Waals surface area contributed by atoms with E-state index in [9.17, 15) is 0 Å². The summed E-state index contributed by atoms with van der Waals surface area (Å²) in [6, 6.07) is 9.67. The molecule has 0 spiro atoms. The molecule has 1 aromatic heterocycles. The summed E-state index contributed by atoms with van der Waals surface area (Å²) in [5, 5.41) is 12.3. The molecular formula is C15H15N3O. The summed E-state index contributed by atoms with van der Waals surface area (Å²) < 4.78 is 5.12. The topological polar surface area (TPSA) is 57.9 Å². The lowest BCUT2D eigenvalue weighted by molar-refractivity contribution is 0.413. The number of pyridine rings is 1. The van der Waals surface area contributed by atoms with Gasteiger partial charge < -0.3 is 10.1 Å². The lowest BCUT2D eigenvalue weighted by Crippen LogP contribution is -2.02. The van der Waals surface area contributed by atoms with Gasteiger partial charge in [-0.25, -0.2) is 0 Å². The highest BCUT2D eigenvalue weighted by Gasteiger charge is 2.04. The predicted molar refractivity (Wildman–Crippen MR) is 74.0 cm³/mol. The Bertz CT molecular complexity index is 617. The Labute approximate surface area is 112 Å². The molecule has 0 atom stereocenters. The van der Waals surface area contributed by atoms with Gasteiger partial charge in [-0.05, 0) is 36.2 Å². The molecule has 0 saturated carbocycles. The van der Waals surface area contributed by atoms with E-state index >= 15 is 0 Å². The van der Waals surface area contributed by atoms with Crippen molar-refractivity contribution in [1.29, 1.82) is 5.26 Å². The van der Waals surface area contributed by atoms with Crippen molar-refractivity contribution >= 4 is 5.69 Å². The van der Waals surface area contributed by atoms with E-state index in [4.69, 9.17) is 10.00 Å². The number of nitrogens with one attached hydrogen (secondary N) is 1. The van der Waals surface area contributed by atoms with Crippen LogP contribution in [0.3, 0.4) is 0 Å². The summed E-state index contributed by atoms with van der Waals surface area (Å²) in [5.41, 5.74) is 3.71. The summed E-state index contributed by atoms with van der Waals surface area (Å²) in [6.07, 6.45) is 3.56. The van der Waals surface area contributed by atoms with Crippen LogP contribution in [-0.2, 0) is 6.54 Å². The summed E-state index contributed by atoms with van der Waals surface area (Å²) in [5.74, 6) is 0.601. The first kappa shape index (κ1) is 12.9. The van der Waals surface area contributed by atoms with E-state index in [1.807, 2.05) is 31.2 Å². The summed E-state index contributed by atoms with van der Waals surface area (Å²) in [7, 11) is 1.56. The van der Waals surface area contributed by atoms with E-state index in [1.165, 1.54) is 0 Å². The van der Waals surface area contributed by atoms with Crippen molar-refractivity contribution in [1.82, 2.24) is 4.98 Å². The van der Waals surface area contributed by atoms with Crippen molar-refractivity contribution in [2.24, 2.45) is 0 Å².